The van der Waals surface area contributed by atoms with E-state index in [1.165, 1.54) is 31.5 Å². The van der Waals surface area contributed by atoms with Crippen LogP contribution in [-0.2, 0) is 6.54 Å². The number of amides is 1. The van der Waals surface area contributed by atoms with Crippen LogP contribution in [0.2, 0.25) is 0 Å². The van der Waals surface area contributed by atoms with Crippen LogP contribution in [-0.4, -0.2) is 23.9 Å². The van der Waals surface area contributed by atoms with E-state index in [0.29, 0.717) is 5.56 Å². The van der Waals surface area contributed by atoms with Gasteiger partial charge in [0.15, 0.2) is 0 Å². The number of nitrogens with zero attached hydrogens (tertiary/aromatic N) is 1. The minimum Gasteiger partial charge on any atom is -0.322 e. The highest BCUT2D eigenvalue weighted by atomic mass is 16.1. The maximum absolute atomic E-state index is 12.5. The van der Waals surface area contributed by atoms with Gasteiger partial charge in [-0.15, -0.1) is 0 Å². The second-order valence-electron chi connectivity index (χ2n) is 7.51. The summed E-state index contributed by atoms with van der Waals surface area (Å²) in [5.74, 6) is 0.736. The lowest BCUT2D eigenvalue weighted by atomic mass is 9.99. The Labute approximate surface area is 151 Å². The standard InChI is InChI=1S/C22H28N2O/c1-16-5-4-10-24(14-16)15-19-6-8-20(9-7-19)22(25)23-21-12-17(2)11-18(3)13-21/h6-9,11-13,16H,4-5,10,14-15H2,1-3H3,(H,23,25)/t16-/m1/s1. The van der Waals surface area contributed by atoms with Crippen molar-refractivity contribution in [2.45, 2.75) is 40.2 Å². The van der Waals surface area contributed by atoms with Crippen LogP contribution >= 0.6 is 0 Å². The number of nitrogens with one attached hydrogen (secondary N) is 1. The molecule has 2 aromatic rings. The van der Waals surface area contributed by atoms with Gasteiger partial charge in [0.1, 0.15) is 0 Å². The van der Waals surface area contributed by atoms with Crippen molar-refractivity contribution < 1.29 is 4.79 Å². The first-order valence-corrected chi connectivity index (χ1v) is 9.20. The summed E-state index contributed by atoms with van der Waals surface area (Å²) in [6.07, 6.45) is 2.63. The summed E-state index contributed by atoms with van der Waals surface area (Å²) in [5.41, 5.74) is 5.14. The Kier molecular flexibility index (Phi) is 5.54. The number of carbonyl (C=O) groups excluding carboxylic acids is 1. The van der Waals surface area contributed by atoms with E-state index in [2.05, 4.69) is 35.3 Å². The zero-order valence-electron chi connectivity index (χ0n) is 15.5. The van der Waals surface area contributed by atoms with Gasteiger partial charge >= 0.3 is 0 Å². The molecule has 1 saturated heterocycles. The van der Waals surface area contributed by atoms with E-state index in [1.54, 1.807) is 0 Å². The van der Waals surface area contributed by atoms with Gasteiger partial charge in [0, 0.05) is 24.3 Å². The number of rotatable bonds is 4. The van der Waals surface area contributed by atoms with E-state index < -0.39 is 0 Å². The van der Waals surface area contributed by atoms with Crippen molar-refractivity contribution in [1.82, 2.24) is 4.90 Å². The molecule has 0 spiro atoms. The Morgan fingerprint density at radius 3 is 2.44 bits per heavy atom. The molecule has 2 aromatic carbocycles. The van der Waals surface area contributed by atoms with E-state index in [-0.39, 0.29) is 5.91 Å². The Hall–Kier alpha value is -2.13. The second-order valence-corrected chi connectivity index (χ2v) is 7.51. The lowest BCUT2D eigenvalue weighted by Crippen LogP contribution is -2.33. The third kappa shape index (κ3) is 4.93. The molecule has 0 aromatic heterocycles. The van der Waals surface area contributed by atoms with Crippen LogP contribution in [0, 0.1) is 19.8 Å². The first kappa shape index (κ1) is 17.7. The molecule has 3 nitrogen and oxygen atoms in total. The second kappa shape index (κ2) is 7.83. The summed E-state index contributed by atoms with van der Waals surface area (Å²) in [4.78, 5) is 15.0. The van der Waals surface area contributed by atoms with Gasteiger partial charge in [-0.3, -0.25) is 9.69 Å². The Balaban J connectivity index is 1.62. The normalized spacial score (nSPS) is 18.1. The molecule has 0 saturated carbocycles. The molecule has 1 atom stereocenters. The average Bonchev–Trinajstić information content (AvgIpc) is 2.54. The van der Waals surface area contributed by atoms with E-state index >= 15 is 0 Å². The summed E-state index contributed by atoms with van der Waals surface area (Å²) < 4.78 is 0. The molecule has 0 radical (unpaired) electrons. The van der Waals surface area contributed by atoms with Crippen molar-refractivity contribution >= 4 is 11.6 Å². The average molecular weight is 336 g/mol. The van der Waals surface area contributed by atoms with Gasteiger partial charge in [0.2, 0.25) is 0 Å². The molecule has 1 heterocycles. The van der Waals surface area contributed by atoms with Crippen molar-refractivity contribution in [3.05, 3.63) is 64.7 Å². The predicted molar refractivity (Wildman–Crippen MR) is 104 cm³/mol. The van der Waals surface area contributed by atoms with Gasteiger partial charge in [-0.2, -0.15) is 0 Å². The lowest BCUT2D eigenvalue weighted by Gasteiger charge is -2.30. The molecule has 0 bridgehead atoms. The molecule has 1 N–H and O–H groups in total. The zero-order valence-corrected chi connectivity index (χ0v) is 15.5. The van der Waals surface area contributed by atoms with Crippen LogP contribution in [0.4, 0.5) is 5.69 Å². The molecule has 3 heteroatoms. The van der Waals surface area contributed by atoms with Gasteiger partial charge in [-0.05, 0) is 80.1 Å². The number of anilines is 1. The number of likely N-dealkylation sites (tertiary alicyclic amines) is 1. The Morgan fingerprint density at radius 2 is 1.80 bits per heavy atom. The van der Waals surface area contributed by atoms with Crippen molar-refractivity contribution in [3.63, 3.8) is 0 Å². The summed E-state index contributed by atoms with van der Waals surface area (Å²) >= 11 is 0. The third-order valence-electron chi connectivity index (χ3n) is 4.84. The molecule has 132 valence electrons. The summed E-state index contributed by atoms with van der Waals surface area (Å²) in [6.45, 7) is 9.74. The van der Waals surface area contributed by atoms with Crippen LogP contribution in [0.15, 0.2) is 42.5 Å². The number of hydrogen-bond acceptors (Lipinski definition) is 2. The van der Waals surface area contributed by atoms with E-state index in [1.807, 2.05) is 38.1 Å². The van der Waals surface area contributed by atoms with Gasteiger partial charge in [0.05, 0.1) is 0 Å². The van der Waals surface area contributed by atoms with E-state index in [0.717, 1.165) is 29.3 Å². The zero-order chi connectivity index (χ0) is 17.8. The van der Waals surface area contributed by atoms with Gasteiger partial charge in [-0.1, -0.05) is 25.1 Å². The summed E-state index contributed by atoms with van der Waals surface area (Å²) in [7, 11) is 0. The first-order valence-electron chi connectivity index (χ1n) is 9.20. The van der Waals surface area contributed by atoms with Gasteiger partial charge in [-0.25, -0.2) is 0 Å². The fraction of sp³-hybridized carbons (Fsp3) is 0.409. The van der Waals surface area contributed by atoms with Crippen molar-refractivity contribution in [1.29, 1.82) is 0 Å². The minimum atomic E-state index is -0.0526. The summed E-state index contributed by atoms with van der Waals surface area (Å²) in [5, 5.41) is 3.00. The number of hydrogen-bond donors (Lipinski definition) is 1. The highest BCUT2D eigenvalue weighted by Gasteiger charge is 2.16. The maximum atomic E-state index is 12.5. The summed E-state index contributed by atoms with van der Waals surface area (Å²) in [6, 6.07) is 14.1. The van der Waals surface area contributed by atoms with Crippen LogP contribution in [0.5, 0.6) is 0 Å². The Morgan fingerprint density at radius 1 is 1.12 bits per heavy atom. The highest BCUT2D eigenvalue weighted by Crippen LogP contribution is 2.19. The largest absolute Gasteiger partial charge is 0.322 e. The monoisotopic (exact) mass is 336 g/mol. The first-order chi connectivity index (χ1) is 12.0. The van der Waals surface area contributed by atoms with Crippen molar-refractivity contribution in [2.24, 2.45) is 5.92 Å². The molecular weight excluding hydrogens is 308 g/mol. The molecule has 1 fully saturated rings. The van der Waals surface area contributed by atoms with E-state index in [4.69, 9.17) is 0 Å². The van der Waals surface area contributed by atoms with Gasteiger partial charge in [0.25, 0.3) is 5.91 Å². The molecule has 0 unspecified atom stereocenters. The number of carbonyl (C=O) groups is 1. The molecule has 1 amide bonds. The third-order valence-corrected chi connectivity index (χ3v) is 4.84. The number of piperidine rings is 1. The van der Waals surface area contributed by atoms with Crippen LogP contribution in [0.3, 0.4) is 0 Å². The smallest absolute Gasteiger partial charge is 0.255 e. The molecule has 25 heavy (non-hydrogen) atoms. The quantitative estimate of drug-likeness (QED) is 0.871. The molecule has 0 aliphatic carbocycles. The van der Waals surface area contributed by atoms with Crippen LogP contribution < -0.4 is 5.32 Å². The van der Waals surface area contributed by atoms with E-state index in [9.17, 15) is 4.79 Å². The fourth-order valence-corrected chi connectivity index (χ4v) is 3.70. The minimum absolute atomic E-state index is 0.0526. The maximum Gasteiger partial charge on any atom is 0.255 e. The molecular formula is C22H28N2O. The topological polar surface area (TPSA) is 32.3 Å². The van der Waals surface area contributed by atoms with Crippen molar-refractivity contribution in [3.8, 4) is 0 Å². The van der Waals surface area contributed by atoms with Crippen molar-refractivity contribution in [2.75, 3.05) is 18.4 Å². The molecule has 1 aliphatic heterocycles. The SMILES string of the molecule is Cc1cc(C)cc(NC(=O)c2ccc(CN3CCC[C@@H](C)C3)cc2)c1. The van der Waals surface area contributed by atoms with Crippen LogP contribution in [0.25, 0.3) is 0 Å². The highest BCUT2D eigenvalue weighted by molar-refractivity contribution is 6.04. The molecule has 1 aliphatic rings. The fourth-order valence-electron chi connectivity index (χ4n) is 3.70. The predicted octanol–water partition coefficient (Wildman–Crippen LogP) is 4.79. The van der Waals surface area contributed by atoms with Crippen LogP contribution in [0.1, 0.15) is 46.8 Å². The lowest BCUT2D eigenvalue weighted by molar-refractivity contribution is 0.102. The number of benzene rings is 2. The molecule has 3 rings (SSSR count). The Bertz CT molecular complexity index is 716. The number of aryl methyl sites for hydroxylation is 2. The van der Waals surface area contributed by atoms with Gasteiger partial charge < -0.3 is 5.32 Å².